The first-order valence-corrected chi connectivity index (χ1v) is 9.13. The zero-order chi connectivity index (χ0) is 16.6. The van der Waals surface area contributed by atoms with Crippen molar-refractivity contribution in [2.24, 2.45) is 11.3 Å². The first-order valence-electron chi connectivity index (χ1n) is 8.19. The Morgan fingerprint density at radius 3 is 2.96 bits per heavy atom. The maximum atomic E-state index is 12.8. The summed E-state index contributed by atoms with van der Waals surface area (Å²) in [6, 6.07) is 7.52. The summed E-state index contributed by atoms with van der Waals surface area (Å²) in [6.07, 6.45) is 3.60. The average Bonchev–Trinajstić information content (AvgIpc) is 3.21. The zero-order valence-electron chi connectivity index (χ0n) is 13.3. The third-order valence-electron chi connectivity index (χ3n) is 5.30. The number of amides is 2. The molecule has 5 nitrogen and oxygen atoms in total. The van der Waals surface area contributed by atoms with E-state index in [1.54, 1.807) is 6.20 Å². The Morgan fingerprint density at radius 2 is 2.29 bits per heavy atom. The number of likely N-dealkylation sites (tertiary alicyclic amines) is 1. The number of nitrogens with one attached hydrogen (secondary N) is 1. The minimum absolute atomic E-state index is 0.0440. The van der Waals surface area contributed by atoms with Gasteiger partial charge in [-0.1, -0.05) is 6.07 Å². The first-order chi connectivity index (χ1) is 11.7. The summed E-state index contributed by atoms with van der Waals surface area (Å²) in [6.45, 7) is 1.65. The maximum absolute atomic E-state index is 12.8. The van der Waals surface area contributed by atoms with E-state index in [-0.39, 0.29) is 17.7 Å². The van der Waals surface area contributed by atoms with Crippen molar-refractivity contribution in [1.29, 1.82) is 0 Å². The molecule has 0 radical (unpaired) electrons. The molecule has 0 aromatic carbocycles. The Hall–Kier alpha value is -2.21. The summed E-state index contributed by atoms with van der Waals surface area (Å²) in [7, 11) is 0. The molecular weight excluding hydrogens is 322 g/mol. The van der Waals surface area contributed by atoms with Crippen molar-refractivity contribution in [3.63, 3.8) is 0 Å². The van der Waals surface area contributed by atoms with Crippen molar-refractivity contribution < 1.29 is 9.59 Å². The molecule has 1 aliphatic carbocycles. The second kappa shape index (κ2) is 6.02. The van der Waals surface area contributed by atoms with Crippen LogP contribution in [0.5, 0.6) is 0 Å². The van der Waals surface area contributed by atoms with Gasteiger partial charge in [0.2, 0.25) is 5.91 Å². The molecule has 1 saturated heterocycles. The van der Waals surface area contributed by atoms with Gasteiger partial charge in [0.1, 0.15) is 0 Å². The van der Waals surface area contributed by atoms with Gasteiger partial charge in [0, 0.05) is 24.7 Å². The highest BCUT2D eigenvalue weighted by Crippen LogP contribution is 2.52. The molecule has 3 heterocycles. The van der Waals surface area contributed by atoms with Crippen LogP contribution in [0, 0.1) is 11.3 Å². The Labute approximate surface area is 144 Å². The molecule has 124 valence electrons. The number of rotatable bonds is 4. The Kier molecular flexibility index (Phi) is 3.84. The van der Waals surface area contributed by atoms with Crippen molar-refractivity contribution in [2.75, 3.05) is 13.1 Å². The van der Waals surface area contributed by atoms with Crippen LogP contribution in [-0.2, 0) is 11.3 Å². The molecule has 2 aromatic rings. The summed E-state index contributed by atoms with van der Waals surface area (Å²) >= 11 is 1.52. The zero-order valence-corrected chi connectivity index (χ0v) is 14.1. The van der Waals surface area contributed by atoms with E-state index in [9.17, 15) is 9.59 Å². The number of nitrogens with zero attached hydrogens (tertiary/aromatic N) is 2. The fraction of sp³-hybridized carbons (Fsp3) is 0.389. The third-order valence-corrected chi connectivity index (χ3v) is 5.98. The minimum atomic E-state index is -0.402. The second-order valence-corrected chi connectivity index (χ2v) is 7.37. The number of carbonyl (C=O) groups is 2. The SMILES string of the molecule is O=C(c1ccsc1)N1CC2CCC2(C(=O)NCc2ccccn2)C1. The predicted octanol–water partition coefficient (Wildman–Crippen LogP) is 2.31. The number of thiophene rings is 1. The van der Waals surface area contributed by atoms with Crippen molar-refractivity contribution in [2.45, 2.75) is 19.4 Å². The van der Waals surface area contributed by atoms with E-state index in [4.69, 9.17) is 0 Å². The lowest BCUT2D eigenvalue weighted by molar-refractivity contribution is -0.138. The van der Waals surface area contributed by atoms with Crippen molar-refractivity contribution in [3.05, 3.63) is 52.5 Å². The van der Waals surface area contributed by atoms with Crippen LogP contribution in [0.4, 0.5) is 0 Å². The second-order valence-electron chi connectivity index (χ2n) is 6.59. The molecule has 2 aromatic heterocycles. The van der Waals surface area contributed by atoms with Crippen molar-refractivity contribution in [1.82, 2.24) is 15.2 Å². The molecule has 0 bridgehead atoms. The highest BCUT2D eigenvalue weighted by atomic mass is 32.1. The number of fused-ring (bicyclic) bond motifs is 1. The van der Waals surface area contributed by atoms with E-state index < -0.39 is 5.41 Å². The van der Waals surface area contributed by atoms with Crippen molar-refractivity contribution in [3.8, 4) is 0 Å². The molecule has 2 unspecified atom stereocenters. The first kappa shape index (κ1) is 15.3. The summed E-state index contributed by atoms with van der Waals surface area (Å²) < 4.78 is 0. The van der Waals surface area contributed by atoms with E-state index in [1.807, 2.05) is 39.9 Å². The largest absolute Gasteiger partial charge is 0.350 e. The maximum Gasteiger partial charge on any atom is 0.254 e. The van der Waals surface area contributed by atoms with E-state index in [0.717, 1.165) is 24.1 Å². The van der Waals surface area contributed by atoms with Crippen LogP contribution in [-0.4, -0.2) is 34.8 Å². The average molecular weight is 341 g/mol. The van der Waals surface area contributed by atoms with Gasteiger partial charge in [0.25, 0.3) is 5.91 Å². The summed E-state index contributed by atoms with van der Waals surface area (Å²) in [4.78, 5) is 31.4. The fourth-order valence-electron chi connectivity index (χ4n) is 3.79. The number of pyridine rings is 1. The standard InChI is InChI=1S/C18H19N3O2S/c22-16(13-5-8-24-11-13)21-10-14-4-6-18(14,12-21)17(23)20-9-15-3-1-2-7-19-15/h1-3,5,7-8,11,14H,4,6,9-10,12H2,(H,20,23). The highest BCUT2D eigenvalue weighted by Gasteiger charge is 2.58. The van der Waals surface area contributed by atoms with Crippen LogP contribution in [0.15, 0.2) is 41.2 Å². The van der Waals surface area contributed by atoms with Gasteiger partial charge in [-0.05, 0) is 42.3 Å². The Balaban J connectivity index is 1.43. The van der Waals surface area contributed by atoms with Gasteiger partial charge in [0.15, 0.2) is 0 Å². The van der Waals surface area contributed by atoms with Gasteiger partial charge in [0.05, 0.1) is 23.2 Å². The quantitative estimate of drug-likeness (QED) is 0.928. The monoisotopic (exact) mass is 341 g/mol. The van der Waals surface area contributed by atoms with Crippen LogP contribution < -0.4 is 5.32 Å². The van der Waals surface area contributed by atoms with Gasteiger partial charge in [-0.2, -0.15) is 11.3 Å². The fourth-order valence-corrected chi connectivity index (χ4v) is 4.42. The van der Waals surface area contributed by atoms with E-state index in [0.29, 0.717) is 19.6 Å². The molecule has 2 fully saturated rings. The highest BCUT2D eigenvalue weighted by molar-refractivity contribution is 7.08. The Morgan fingerprint density at radius 1 is 1.38 bits per heavy atom. The molecule has 1 N–H and O–H groups in total. The van der Waals surface area contributed by atoms with Crippen LogP contribution in [0.25, 0.3) is 0 Å². The normalized spacial score (nSPS) is 25.0. The van der Waals surface area contributed by atoms with Crippen LogP contribution in [0.3, 0.4) is 0 Å². The van der Waals surface area contributed by atoms with Gasteiger partial charge in [-0.25, -0.2) is 0 Å². The lowest BCUT2D eigenvalue weighted by Gasteiger charge is -2.42. The lowest BCUT2D eigenvalue weighted by atomic mass is 9.61. The molecular formula is C18H19N3O2S. The Bertz CT molecular complexity index is 747. The molecule has 2 aliphatic rings. The molecule has 4 rings (SSSR count). The van der Waals surface area contributed by atoms with E-state index in [1.165, 1.54) is 11.3 Å². The molecule has 24 heavy (non-hydrogen) atoms. The minimum Gasteiger partial charge on any atom is -0.350 e. The topological polar surface area (TPSA) is 62.3 Å². The number of hydrogen-bond donors (Lipinski definition) is 1. The van der Waals surface area contributed by atoms with Gasteiger partial charge >= 0.3 is 0 Å². The molecule has 2 amide bonds. The van der Waals surface area contributed by atoms with Crippen LogP contribution in [0.1, 0.15) is 28.9 Å². The smallest absolute Gasteiger partial charge is 0.254 e. The summed E-state index contributed by atoms with van der Waals surface area (Å²) in [5, 5.41) is 6.80. The van der Waals surface area contributed by atoms with Crippen LogP contribution in [0.2, 0.25) is 0 Å². The van der Waals surface area contributed by atoms with E-state index in [2.05, 4.69) is 10.3 Å². The van der Waals surface area contributed by atoms with Crippen molar-refractivity contribution >= 4 is 23.2 Å². The number of carbonyl (C=O) groups excluding carboxylic acids is 2. The molecule has 0 spiro atoms. The van der Waals surface area contributed by atoms with Gasteiger partial charge < -0.3 is 10.2 Å². The van der Waals surface area contributed by atoms with Gasteiger partial charge in [-0.15, -0.1) is 0 Å². The van der Waals surface area contributed by atoms with Gasteiger partial charge in [-0.3, -0.25) is 14.6 Å². The third kappa shape index (κ3) is 2.51. The number of aromatic nitrogens is 1. The van der Waals surface area contributed by atoms with Crippen LogP contribution >= 0.6 is 11.3 Å². The summed E-state index contributed by atoms with van der Waals surface area (Å²) in [5.74, 6) is 0.386. The molecule has 1 saturated carbocycles. The predicted molar refractivity (Wildman–Crippen MR) is 91.5 cm³/mol. The molecule has 2 atom stereocenters. The van der Waals surface area contributed by atoms with E-state index >= 15 is 0 Å². The lowest BCUT2D eigenvalue weighted by Crippen LogP contribution is -2.52. The summed E-state index contributed by atoms with van der Waals surface area (Å²) in [5.41, 5.74) is 1.17. The molecule has 6 heteroatoms. The number of hydrogen-bond acceptors (Lipinski definition) is 4. The molecule has 1 aliphatic heterocycles.